The summed E-state index contributed by atoms with van der Waals surface area (Å²) in [5.41, 5.74) is -0.486. The van der Waals surface area contributed by atoms with E-state index in [0.29, 0.717) is 19.0 Å². The molecule has 5 nitrogen and oxygen atoms in total. The van der Waals surface area contributed by atoms with Crippen molar-refractivity contribution in [2.45, 2.75) is 33.3 Å². The molecule has 0 spiro atoms. The molecule has 5 heteroatoms. The van der Waals surface area contributed by atoms with E-state index in [1.165, 1.54) is 13.2 Å². The molecule has 1 aliphatic rings. The average molecular weight is 269 g/mol. The summed E-state index contributed by atoms with van der Waals surface area (Å²) < 4.78 is 9.89. The number of likely N-dealkylation sites (tertiary alicyclic amines) is 1. The second-order valence-corrected chi connectivity index (χ2v) is 5.91. The maximum Gasteiger partial charge on any atom is 0.410 e. The van der Waals surface area contributed by atoms with E-state index in [9.17, 15) is 9.59 Å². The van der Waals surface area contributed by atoms with Crippen LogP contribution in [0.15, 0.2) is 12.2 Å². The molecule has 2 atom stereocenters. The molecule has 0 N–H and O–H groups in total. The largest absolute Gasteiger partial charge is 0.466 e. The van der Waals surface area contributed by atoms with Crippen molar-refractivity contribution in [3.05, 3.63) is 12.2 Å². The summed E-state index contributed by atoms with van der Waals surface area (Å²) in [4.78, 5) is 24.7. The van der Waals surface area contributed by atoms with Gasteiger partial charge in [0, 0.05) is 19.2 Å². The molecule has 1 fully saturated rings. The standard InChI is InChI=1S/C14H23NO4/c1-10-8-15(13(17)19-14(2,3)4)9-11(10)6-7-12(16)18-5/h6-7,10-11H,8-9H2,1-5H3/b7-6+/t10-,11-/m1/s1. The SMILES string of the molecule is COC(=O)/C=C/[C@@H]1CN(C(=O)OC(C)(C)C)C[C@H]1C. The van der Waals surface area contributed by atoms with Crippen molar-refractivity contribution in [3.8, 4) is 0 Å². The molecule has 1 heterocycles. The summed E-state index contributed by atoms with van der Waals surface area (Å²) in [6.45, 7) is 8.81. The van der Waals surface area contributed by atoms with E-state index < -0.39 is 5.60 Å². The second kappa shape index (κ2) is 6.08. The van der Waals surface area contributed by atoms with E-state index >= 15 is 0 Å². The number of methoxy groups -OCH3 is 1. The van der Waals surface area contributed by atoms with E-state index in [4.69, 9.17) is 4.74 Å². The van der Waals surface area contributed by atoms with Gasteiger partial charge in [0.2, 0.25) is 0 Å². The minimum absolute atomic E-state index is 0.159. The van der Waals surface area contributed by atoms with E-state index in [1.807, 2.05) is 20.8 Å². The zero-order valence-corrected chi connectivity index (χ0v) is 12.3. The van der Waals surface area contributed by atoms with Crippen molar-refractivity contribution in [3.63, 3.8) is 0 Å². The summed E-state index contributed by atoms with van der Waals surface area (Å²) in [6.07, 6.45) is 2.92. The van der Waals surface area contributed by atoms with Crippen LogP contribution in [0.25, 0.3) is 0 Å². The summed E-state index contributed by atoms with van der Waals surface area (Å²) >= 11 is 0. The van der Waals surface area contributed by atoms with Crippen LogP contribution in [-0.4, -0.2) is 42.8 Å². The summed E-state index contributed by atoms with van der Waals surface area (Å²) in [5.74, 6) is 0.0861. The predicted molar refractivity (Wildman–Crippen MR) is 71.6 cm³/mol. The van der Waals surface area contributed by atoms with Crippen molar-refractivity contribution >= 4 is 12.1 Å². The molecule has 1 aliphatic heterocycles. The Morgan fingerprint density at radius 3 is 2.42 bits per heavy atom. The van der Waals surface area contributed by atoms with Gasteiger partial charge in [-0.25, -0.2) is 9.59 Å². The van der Waals surface area contributed by atoms with Crippen molar-refractivity contribution in [2.24, 2.45) is 11.8 Å². The van der Waals surface area contributed by atoms with Crippen LogP contribution in [0.3, 0.4) is 0 Å². The highest BCUT2D eigenvalue weighted by Gasteiger charge is 2.33. The van der Waals surface area contributed by atoms with E-state index in [1.54, 1.807) is 11.0 Å². The van der Waals surface area contributed by atoms with Gasteiger partial charge in [0.15, 0.2) is 0 Å². The first-order valence-corrected chi connectivity index (χ1v) is 6.47. The Morgan fingerprint density at radius 1 is 1.26 bits per heavy atom. The van der Waals surface area contributed by atoms with E-state index in [0.717, 1.165) is 0 Å². The molecule has 0 radical (unpaired) electrons. The zero-order chi connectivity index (χ0) is 14.6. The Kier molecular flexibility index (Phi) is 4.97. The number of ether oxygens (including phenoxy) is 2. The molecule has 0 aromatic carbocycles. The van der Waals surface area contributed by atoms with Gasteiger partial charge < -0.3 is 14.4 Å². The summed E-state index contributed by atoms with van der Waals surface area (Å²) in [7, 11) is 1.34. The Labute approximate surface area is 114 Å². The third kappa shape index (κ3) is 4.93. The van der Waals surface area contributed by atoms with Crippen LogP contribution >= 0.6 is 0 Å². The third-order valence-electron chi connectivity index (χ3n) is 3.00. The van der Waals surface area contributed by atoms with Gasteiger partial charge in [-0.1, -0.05) is 13.0 Å². The minimum atomic E-state index is -0.486. The lowest BCUT2D eigenvalue weighted by atomic mass is 9.98. The van der Waals surface area contributed by atoms with Crippen molar-refractivity contribution in [1.29, 1.82) is 0 Å². The van der Waals surface area contributed by atoms with Gasteiger partial charge in [0.25, 0.3) is 0 Å². The molecule has 0 bridgehead atoms. The molecule has 0 aromatic rings. The van der Waals surface area contributed by atoms with Gasteiger partial charge in [-0.15, -0.1) is 0 Å². The molecule has 0 unspecified atom stereocenters. The molecule has 1 amide bonds. The Bertz CT molecular complexity index is 370. The van der Waals surface area contributed by atoms with Crippen LogP contribution in [0.4, 0.5) is 4.79 Å². The van der Waals surface area contributed by atoms with Crippen molar-refractivity contribution in [1.82, 2.24) is 4.90 Å². The number of rotatable bonds is 2. The molecule has 19 heavy (non-hydrogen) atoms. The second-order valence-electron chi connectivity index (χ2n) is 5.91. The predicted octanol–water partition coefficient (Wildman–Crippen LogP) is 2.22. The highest BCUT2D eigenvalue weighted by Crippen LogP contribution is 2.25. The smallest absolute Gasteiger partial charge is 0.410 e. The highest BCUT2D eigenvalue weighted by atomic mass is 16.6. The number of amides is 1. The van der Waals surface area contributed by atoms with Crippen LogP contribution < -0.4 is 0 Å². The lowest BCUT2D eigenvalue weighted by Gasteiger charge is -2.24. The zero-order valence-electron chi connectivity index (χ0n) is 12.3. The van der Waals surface area contributed by atoms with Crippen molar-refractivity contribution < 1.29 is 19.1 Å². The summed E-state index contributed by atoms with van der Waals surface area (Å²) in [6, 6.07) is 0. The van der Waals surface area contributed by atoms with Gasteiger partial charge in [0.1, 0.15) is 5.60 Å². The third-order valence-corrected chi connectivity index (χ3v) is 3.00. The minimum Gasteiger partial charge on any atom is -0.466 e. The number of nitrogens with zero attached hydrogens (tertiary/aromatic N) is 1. The fourth-order valence-corrected chi connectivity index (χ4v) is 1.99. The number of hydrogen-bond acceptors (Lipinski definition) is 4. The van der Waals surface area contributed by atoms with Crippen LogP contribution in [0.2, 0.25) is 0 Å². The van der Waals surface area contributed by atoms with Gasteiger partial charge >= 0.3 is 12.1 Å². The maximum atomic E-state index is 11.9. The topological polar surface area (TPSA) is 55.8 Å². The maximum absolute atomic E-state index is 11.9. The Hall–Kier alpha value is -1.52. The van der Waals surface area contributed by atoms with Gasteiger partial charge in [-0.2, -0.15) is 0 Å². The van der Waals surface area contributed by atoms with Gasteiger partial charge in [0.05, 0.1) is 7.11 Å². The number of hydrogen-bond donors (Lipinski definition) is 0. The monoisotopic (exact) mass is 269 g/mol. The number of esters is 1. The number of carbonyl (C=O) groups is 2. The average Bonchev–Trinajstić information content (AvgIpc) is 2.65. The first-order valence-electron chi connectivity index (χ1n) is 6.47. The highest BCUT2D eigenvalue weighted by molar-refractivity contribution is 5.81. The lowest BCUT2D eigenvalue weighted by molar-refractivity contribution is -0.134. The van der Waals surface area contributed by atoms with Gasteiger partial charge in [-0.05, 0) is 32.6 Å². The molecule has 108 valence electrons. The lowest BCUT2D eigenvalue weighted by Crippen LogP contribution is -2.35. The van der Waals surface area contributed by atoms with Crippen LogP contribution in [0.5, 0.6) is 0 Å². The molecule has 1 saturated heterocycles. The van der Waals surface area contributed by atoms with E-state index in [-0.39, 0.29) is 18.0 Å². The molecule has 0 aromatic heterocycles. The van der Waals surface area contributed by atoms with E-state index in [2.05, 4.69) is 11.7 Å². The Morgan fingerprint density at radius 2 is 1.89 bits per heavy atom. The van der Waals surface area contributed by atoms with Gasteiger partial charge in [-0.3, -0.25) is 0 Å². The first kappa shape index (κ1) is 15.5. The molecule has 0 saturated carbocycles. The van der Waals surface area contributed by atoms with Crippen LogP contribution in [0, 0.1) is 11.8 Å². The molecular formula is C14H23NO4. The van der Waals surface area contributed by atoms with Crippen LogP contribution in [-0.2, 0) is 14.3 Å². The van der Waals surface area contributed by atoms with Crippen molar-refractivity contribution in [2.75, 3.05) is 20.2 Å². The normalized spacial score (nSPS) is 23.7. The first-order chi connectivity index (χ1) is 8.73. The molecular weight excluding hydrogens is 246 g/mol. The molecule has 1 rings (SSSR count). The fourth-order valence-electron chi connectivity index (χ4n) is 1.99. The quantitative estimate of drug-likeness (QED) is 0.570. The fraction of sp³-hybridized carbons (Fsp3) is 0.714. The number of carbonyl (C=O) groups excluding carboxylic acids is 2. The summed E-state index contributed by atoms with van der Waals surface area (Å²) in [5, 5.41) is 0. The molecule has 0 aliphatic carbocycles. The Balaban J connectivity index is 2.57. The van der Waals surface area contributed by atoms with Crippen LogP contribution in [0.1, 0.15) is 27.7 Å².